The minimum Gasteiger partial charge on any atom is -0.0999 e. The fourth-order valence-corrected chi connectivity index (χ4v) is 0. The summed E-state index contributed by atoms with van der Waals surface area (Å²) in [6, 6.07) is 0. The minimum atomic E-state index is 0. The smallest absolute Gasteiger partial charge is 0.0999 e. The maximum atomic E-state index is 4.50. The Bertz CT molecular complexity index is 11.6. The molecule has 0 N–H and O–H groups in total. The van der Waals surface area contributed by atoms with Crippen LogP contribution in [0.25, 0.3) is 0 Å². The van der Waals surface area contributed by atoms with Crippen LogP contribution in [0.3, 0.4) is 0 Å². The zero-order valence-corrected chi connectivity index (χ0v) is 7.28. The van der Waals surface area contributed by atoms with Crippen LogP contribution in [0, 0.1) is 41.7 Å². The second kappa shape index (κ2) is 29.9. The Morgan fingerprint density at radius 1 is 1.20 bits per heavy atom. The van der Waals surface area contributed by atoms with Crippen molar-refractivity contribution >= 4 is 25.2 Å². The third-order valence-corrected chi connectivity index (χ3v) is 0. The van der Waals surface area contributed by atoms with E-state index in [9.17, 15) is 0 Å². The van der Waals surface area contributed by atoms with E-state index >= 15 is 0 Å². The molecule has 2 radical (unpaired) electrons. The average molecular weight is 244 g/mol. The van der Waals surface area contributed by atoms with E-state index < -0.39 is 0 Å². The van der Waals surface area contributed by atoms with Gasteiger partial charge in [-0.05, 0) is 0 Å². The van der Waals surface area contributed by atoms with Gasteiger partial charge in [0.15, 0.2) is 17.4 Å². The van der Waals surface area contributed by atoms with Crippen LogP contribution in [0.1, 0.15) is 0 Å². The molecule has 0 unspecified atom stereocenters. The fourth-order valence-electron chi connectivity index (χ4n) is 0. The van der Waals surface area contributed by atoms with Gasteiger partial charge in [0.2, 0.25) is 0 Å². The summed E-state index contributed by atoms with van der Waals surface area (Å²) < 4.78 is 0. The first-order valence-corrected chi connectivity index (χ1v) is 0.577. The molecule has 0 aromatic heterocycles. The summed E-state index contributed by atoms with van der Waals surface area (Å²) in [4.78, 5) is 0. The first-order valence-electron chi connectivity index (χ1n) is 0.577. The third kappa shape index (κ3) is 20.3. The summed E-state index contributed by atoms with van der Waals surface area (Å²) >= 11 is 0. The molecule has 0 aromatic rings. The van der Waals surface area contributed by atoms with E-state index in [0.717, 1.165) is 0 Å². The Morgan fingerprint density at radius 2 is 1.20 bits per heavy atom. The molecule has 0 aliphatic carbocycles. The largest absolute Gasteiger partial charge is 0.187 e. The van der Waals surface area contributed by atoms with Crippen molar-refractivity contribution in [2.45, 2.75) is 6.82 Å². The maximum absolute atomic E-state index is 4.50. The minimum absolute atomic E-state index is 0. The van der Waals surface area contributed by atoms with Crippen LogP contribution < -0.4 is 0 Å². The second-order valence-electron chi connectivity index (χ2n) is 0. The van der Waals surface area contributed by atoms with Gasteiger partial charge in [-0.1, -0.05) is 6.82 Å². The van der Waals surface area contributed by atoms with Crippen molar-refractivity contribution in [3.05, 3.63) is 0 Å². The molecule has 0 rings (SSSR count). The molecule has 0 aliphatic rings. The molecule has 0 saturated carbocycles. The van der Waals surface area contributed by atoms with Crippen molar-refractivity contribution in [1.29, 1.82) is 0 Å². The van der Waals surface area contributed by atoms with Crippen molar-refractivity contribution in [2.75, 3.05) is 0 Å². The third-order valence-electron chi connectivity index (χ3n) is 0. The molecule has 0 fully saturated rings. The van der Waals surface area contributed by atoms with Crippen LogP contribution in [0.4, 0.5) is 0 Å². The van der Waals surface area contributed by atoms with Crippen LogP contribution in [0.5, 0.6) is 0 Å². The Kier molecular flexibility index (Phi) is 151. The fraction of sp³-hybridized carbons (Fsp3) is 1.00. The van der Waals surface area contributed by atoms with Crippen molar-refractivity contribution in [2.24, 2.45) is 0 Å². The van der Waals surface area contributed by atoms with Gasteiger partial charge in [0.25, 0.3) is 0 Å². The molecule has 0 aliphatic heterocycles. The molecule has 5 heavy (non-hydrogen) atoms. The van der Waals surface area contributed by atoms with E-state index in [1.54, 1.807) is 0 Å². The monoisotopic (exact) mass is 244 g/mol. The quantitative estimate of drug-likeness (QED) is 0.480. The van der Waals surface area contributed by atoms with Gasteiger partial charge in [-0.3, -0.25) is 0 Å². The van der Waals surface area contributed by atoms with E-state index in [4.69, 9.17) is 0 Å². The Balaban J connectivity index is -0.00000000167. The molecule has 4 heteroatoms. The van der Waals surface area contributed by atoms with E-state index in [-0.39, 0.29) is 80.8 Å². The van der Waals surface area contributed by atoms with E-state index in [0.29, 0.717) is 0 Å². The average Bonchev–Trinajstić information content (AvgIpc) is 1.00. The van der Waals surface area contributed by atoms with Crippen LogP contribution in [0.2, 0.25) is 6.82 Å². The number of rotatable bonds is 0. The van der Waals surface area contributed by atoms with Gasteiger partial charge >= 0.3 is 0 Å². The van der Waals surface area contributed by atoms with E-state index in [1.165, 1.54) is 6.82 Å². The van der Waals surface area contributed by atoms with Gasteiger partial charge in [0.1, 0.15) is 0 Å². The molecule has 0 atom stereocenters. The van der Waals surface area contributed by atoms with E-state index in [2.05, 4.69) is 7.85 Å². The summed E-state index contributed by atoms with van der Waals surface area (Å²) in [5.41, 5.74) is 0. The van der Waals surface area contributed by atoms with Crippen molar-refractivity contribution in [3.63, 3.8) is 0 Å². The van der Waals surface area contributed by atoms with Crippen molar-refractivity contribution in [3.8, 4) is 0 Å². The van der Waals surface area contributed by atoms with Gasteiger partial charge < -0.3 is 0 Å². The molecule has 24 valence electrons. The first-order chi connectivity index (χ1) is 1.00. The van der Waals surface area contributed by atoms with Crippen molar-refractivity contribution < 1.29 is 63.5 Å². The predicted molar refractivity (Wildman–Crippen MR) is 21.6 cm³/mol. The molecule has 0 amide bonds. The SMILES string of the molecule is [AlH3].[B]C.[Ce].[Ti]. The summed E-state index contributed by atoms with van der Waals surface area (Å²) in [5.74, 6) is 0. The Morgan fingerprint density at radius 3 is 1.20 bits per heavy atom. The normalized spacial score (nSPS) is 1.00. The standard InChI is InChI=1S/CH3B.Al.Ce.Ti.3H/c1-2;;;;;;/h1H3;;;;;;. The zero-order chi connectivity index (χ0) is 2.00. The topological polar surface area (TPSA) is 0 Å². The first kappa shape index (κ1) is 25.3. The molecule has 0 saturated heterocycles. The molecular formula is CH6AlBCeTi. The van der Waals surface area contributed by atoms with Crippen LogP contribution in [-0.2, 0) is 21.7 Å². The van der Waals surface area contributed by atoms with Crippen LogP contribution in [0.15, 0.2) is 0 Å². The van der Waals surface area contributed by atoms with Crippen LogP contribution >= 0.6 is 0 Å². The molecule has 0 heterocycles. The van der Waals surface area contributed by atoms with Crippen molar-refractivity contribution in [1.82, 2.24) is 0 Å². The Labute approximate surface area is 93.7 Å². The molecule has 0 spiro atoms. The van der Waals surface area contributed by atoms with Gasteiger partial charge in [-0.2, -0.15) is 0 Å². The zero-order valence-electron chi connectivity index (χ0n) is 2.58. The summed E-state index contributed by atoms with van der Waals surface area (Å²) in [5, 5.41) is 0. The van der Waals surface area contributed by atoms with Gasteiger partial charge in [0, 0.05) is 63.5 Å². The van der Waals surface area contributed by atoms with Gasteiger partial charge in [0.05, 0.1) is 7.85 Å². The number of hydrogen-bond acceptors (Lipinski definition) is 0. The molecule has 0 bridgehead atoms. The summed E-state index contributed by atoms with van der Waals surface area (Å²) in [6.45, 7) is 1.50. The molecular weight excluding hydrogens is 238 g/mol. The molecule has 0 aromatic carbocycles. The maximum Gasteiger partial charge on any atom is 0.187 e. The van der Waals surface area contributed by atoms with Gasteiger partial charge in [-0.25, -0.2) is 0 Å². The summed E-state index contributed by atoms with van der Waals surface area (Å²) in [7, 11) is 4.50. The Hall–Kier alpha value is 2.69. The second-order valence-corrected chi connectivity index (χ2v) is 0. The van der Waals surface area contributed by atoms with Gasteiger partial charge in [-0.15, -0.1) is 0 Å². The van der Waals surface area contributed by atoms with Crippen LogP contribution in [-0.4, -0.2) is 25.2 Å². The number of hydrogen-bond donors (Lipinski definition) is 0. The van der Waals surface area contributed by atoms with E-state index in [1.807, 2.05) is 0 Å². The summed E-state index contributed by atoms with van der Waals surface area (Å²) in [6.07, 6.45) is 0. The predicted octanol–water partition coefficient (Wildman–Crippen LogP) is -0.983. The molecule has 0 nitrogen and oxygen atoms in total.